The fraction of sp³-hybridized carbons (Fsp3) is 0.529. The van der Waals surface area contributed by atoms with Crippen LogP contribution < -0.4 is 15.7 Å². The lowest BCUT2D eigenvalue weighted by Gasteiger charge is -2.19. The van der Waals surface area contributed by atoms with Gasteiger partial charge in [0.1, 0.15) is 11.3 Å². The van der Waals surface area contributed by atoms with Crippen LogP contribution in [-0.4, -0.2) is 39.4 Å². The predicted octanol–water partition coefficient (Wildman–Crippen LogP) is 0.805. The van der Waals surface area contributed by atoms with Crippen LogP contribution in [0.4, 0.5) is 4.79 Å². The van der Waals surface area contributed by atoms with E-state index < -0.39 is 17.6 Å². The molecule has 2 aromatic heterocycles. The summed E-state index contributed by atoms with van der Waals surface area (Å²) in [6.07, 6.45) is 3.44. The van der Waals surface area contributed by atoms with E-state index >= 15 is 0 Å². The highest BCUT2D eigenvalue weighted by Gasteiger charge is 2.33. The molecule has 0 aromatic carbocycles. The Morgan fingerprint density at radius 1 is 1.38 bits per heavy atom. The number of aromatic amines is 2. The molecule has 3 rings (SSSR count). The Kier molecular flexibility index (Phi) is 4.71. The van der Waals surface area contributed by atoms with E-state index in [2.05, 4.69) is 20.6 Å². The lowest BCUT2D eigenvalue weighted by Crippen LogP contribution is -2.44. The topological polar surface area (TPSA) is 130 Å². The van der Waals surface area contributed by atoms with E-state index in [4.69, 9.17) is 10.5 Å². The fourth-order valence-electron chi connectivity index (χ4n) is 3.17. The molecule has 9 nitrogen and oxygen atoms in total. The van der Waals surface area contributed by atoms with Crippen LogP contribution in [0.5, 0.6) is 0 Å². The molecule has 2 aromatic rings. The van der Waals surface area contributed by atoms with Gasteiger partial charge < -0.3 is 15.8 Å². The predicted molar refractivity (Wildman–Crippen MR) is 93.3 cm³/mol. The second kappa shape index (κ2) is 6.81. The maximum atomic E-state index is 12.0. The zero-order valence-corrected chi connectivity index (χ0v) is 15.3. The number of hydrogen-bond donors (Lipinski definition) is 4. The van der Waals surface area contributed by atoms with Crippen LogP contribution in [0.1, 0.15) is 48.9 Å². The van der Waals surface area contributed by atoms with Crippen LogP contribution in [0.2, 0.25) is 0 Å². The molecule has 0 radical (unpaired) electrons. The van der Waals surface area contributed by atoms with Crippen molar-refractivity contribution >= 4 is 12.0 Å². The van der Waals surface area contributed by atoms with Crippen LogP contribution in [0.15, 0.2) is 6.20 Å². The Bertz CT molecular complexity index is 830. The van der Waals surface area contributed by atoms with Gasteiger partial charge in [0.15, 0.2) is 6.54 Å². The van der Waals surface area contributed by atoms with Gasteiger partial charge in [0.2, 0.25) is 0 Å². The third kappa shape index (κ3) is 3.71. The number of nitrogens with one attached hydrogen (secondary N) is 3. The SMILES string of the molecule is CC(C)(C)OC(=O)NCCC[n+]1[nH]c2c(c1C(N)=O)CCc1[nH]ncc1-2. The lowest BCUT2D eigenvalue weighted by atomic mass is 9.94. The third-order valence-electron chi connectivity index (χ3n) is 4.18. The molecule has 0 spiro atoms. The van der Waals surface area contributed by atoms with Gasteiger partial charge in [0, 0.05) is 24.2 Å². The number of primary amides is 1. The number of ether oxygens (including phenoxy) is 1. The van der Waals surface area contributed by atoms with Gasteiger partial charge in [-0.1, -0.05) is 0 Å². The van der Waals surface area contributed by atoms with E-state index in [1.807, 2.05) is 20.8 Å². The zero-order valence-electron chi connectivity index (χ0n) is 15.3. The van der Waals surface area contributed by atoms with Crippen LogP contribution in [0, 0.1) is 0 Å². The molecule has 0 unspecified atom stereocenters. The van der Waals surface area contributed by atoms with Crippen molar-refractivity contribution in [1.29, 1.82) is 0 Å². The summed E-state index contributed by atoms with van der Waals surface area (Å²) in [5, 5.41) is 13.0. The number of hydrogen-bond acceptors (Lipinski definition) is 4. The molecule has 1 aliphatic carbocycles. The van der Waals surface area contributed by atoms with Gasteiger partial charge in [-0.2, -0.15) is 10.2 Å². The summed E-state index contributed by atoms with van der Waals surface area (Å²) in [5.41, 5.74) is 9.40. The van der Waals surface area contributed by atoms with Crippen molar-refractivity contribution in [2.24, 2.45) is 5.73 Å². The van der Waals surface area contributed by atoms with Gasteiger partial charge in [-0.3, -0.25) is 9.89 Å². The third-order valence-corrected chi connectivity index (χ3v) is 4.18. The minimum absolute atomic E-state index is 0.431. The Balaban J connectivity index is 1.68. The van der Waals surface area contributed by atoms with Crippen molar-refractivity contribution in [3.05, 3.63) is 23.1 Å². The van der Waals surface area contributed by atoms with E-state index in [1.54, 1.807) is 10.9 Å². The van der Waals surface area contributed by atoms with Gasteiger partial charge in [-0.25, -0.2) is 4.79 Å². The average molecular weight is 361 g/mol. The normalized spacial score (nSPS) is 13.0. The van der Waals surface area contributed by atoms with Crippen LogP contribution in [0.25, 0.3) is 11.3 Å². The summed E-state index contributed by atoms with van der Waals surface area (Å²) in [6, 6.07) is 0. The number of fused-ring (bicyclic) bond motifs is 3. The number of aromatic nitrogens is 4. The van der Waals surface area contributed by atoms with E-state index in [9.17, 15) is 9.59 Å². The number of nitrogens with zero attached hydrogens (tertiary/aromatic N) is 2. The highest BCUT2D eigenvalue weighted by atomic mass is 16.6. The molecule has 0 saturated carbocycles. The molecule has 0 bridgehead atoms. The lowest BCUT2D eigenvalue weighted by molar-refractivity contribution is -0.751. The minimum atomic E-state index is -0.529. The van der Waals surface area contributed by atoms with E-state index in [1.165, 1.54) is 0 Å². The zero-order chi connectivity index (χ0) is 18.9. The summed E-state index contributed by atoms with van der Waals surface area (Å²) in [7, 11) is 0. The van der Waals surface area contributed by atoms with E-state index in [-0.39, 0.29) is 0 Å². The minimum Gasteiger partial charge on any atom is -0.444 e. The molecule has 26 heavy (non-hydrogen) atoms. The monoisotopic (exact) mass is 361 g/mol. The van der Waals surface area contributed by atoms with E-state index in [0.717, 1.165) is 35.4 Å². The standard InChI is InChI=1S/C17H24N6O3/c1-17(2,3)26-16(25)19-7-4-8-23-14(15(18)24)10-5-6-12-11(9-20-21-12)13(10)22-23/h9H,4-8H2,1-3H3,(H4,18,19,20,21,22,24,25)/p+1. The van der Waals surface area contributed by atoms with Crippen LogP contribution >= 0.6 is 0 Å². The quantitative estimate of drug-likeness (QED) is 0.464. The second-order valence-electron chi connectivity index (χ2n) is 7.37. The largest absolute Gasteiger partial charge is 0.444 e. The fourth-order valence-corrected chi connectivity index (χ4v) is 3.17. The first-order valence-electron chi connectivity index (χ1n) is 8.70. The number of carbonyl (C=O) groups excluding carboxylic acids is 2. The molecule has 1 aliphatic rings. The Morgan fingerprint density at radius 3 is 2.85 bits per heavy atom. The number of rotatable bonds is 5. The highest BCUT2D eigenvalue weighted by Crippen LogP contribution is 2.31. The van der Waals surface area contributed by atoms with Crippen molar-refractivity contribution in [2.45, 2.75) is 52.2 Å². The first kappa shape index (κ1) is 18.0. The average Bonchev–Trinajstić information content (AvgIpc) is 3.12. The Hall–Kier alpha value is -2.84. The van der Waals surface area contributed by atoms with Crippen molar-refractivity contribution in [3.63, 3.8) is 0 Å². The molecule has 2 heterocycles. The molecular formula is C17H25N6O3+. The number of H-pyrrole nitrogens is 2. The highest BCUT2D eigenvalue weighted by molar-refractivity contribution is 5.93. The number of alkyl carbamates (subject to hydrolysis) is 1. The van der Waals surface area contributed by atoms with Crippen LogP contribution in [0.3, 0.4) is 0 Å². The van der Waals surface area contributed by atoms with Gasteiger partial charge in [0.25, 0.3) is 5.69 Å². The van der Waals surface area contributed by atoms with Crippen molar-refractivity contribution in [1.82, 2.24) is 20.6 Å². The van der Waals surface area contributed by atoms with Gasteiger partial charge in [-0.05, 0) is 33.6 Å². The van der Waals surface area contributed by atoms with E-state index in [0.29, 0.717) is 25.2 Å². The first-order chi connectivity index (χ1) is 12.3. The van der Waals surface area contributed by atoms with Crippen molar-refractivity contribution in [2.75, 3.05) is 6.54 Å². The first-order valence-corrected chi connectivity index (χ1v) is 8.70. The molecule has 2 amide bonds. The molecule has 0 fully saturated rings. The molecular weight excluding hydrogens is 336 g/mol. The molecule has 0 aliphatic heterocycles. The van der Waals surface area contributed by atoms with Gasteiger partial charge >= 0.3 is 12.0 Å². The Labute approximate surface area is 151 Å². The van der Waals surface area contributed by atoms with Gasteiger partial charge in [-0.15, -0.1) is 4.68 Å². The van der Waals surface area contributed by atoms with Gasteiger partial charge in [0.05, 0.1) is 11.8 Å². The van der Waals surface area contributed by atoms with Crippen LogP contribution in [-0.2, 0) is 24.1 Å². The maximum Gasteiger partial charge on any atom is 0.407 e. The Morgan fingerprint density at radius 2 is 2.15 bits per heavy atom. The molecule has 0 atom stereocenters. The molecule has 5 N–H and O–H groups in total. The summed E-state index contributed by atoms with van der Waals surface area (Å²) in [6.45, 7) is 6.40. The summed E-state index contributed by atoms with van der Waals surface area (Å²) >= 11 is 0. The summed E-state index contributed by atoms with van der Waals surface area (Å²) in [5.74, 6) is -0.463. The molecule has 140 valence electrons. The number of aryl methyl sites for hydroxylation is 2. The smallest absolute Gasteiger partial charge is 0.407 e. The second-order valence-corrected chi connectivity index (χ2v) is 7.37. The summed E-state index contributed by atoms with van der Waals surface area (Å²) in [4.78, 5) is 23.7. The molecule has 9 heteroatoms. The number of nitrogens with two attached hydrogens (primary N) is 1. The number of amides is 2. The number of carbonyl (C=O) groups is 2. The van der Waals surface area contributed by atoms with Crippen molar-refractivity contribution in [3.8, 4) is 11.3 Å². The maximum absolute atomic E-state index is 12.0. The molecule has 0 saturated heterocycles. The summed E-state index contributed by atoms with van der Waals surface area (Å²) < 4.78 is 6.96. The van der Waals surface area contributed by atoms with Crippen molar-refractivity contribution < 1.29 is 19.0 Å².